The summed E-state index contributed by atoms with van der Waals surface area (Å²) in [6, 6.07) is 6.91. The molecular weight excluding hydrogens is 366 g/mol. The number of carbonyl (C=O) groups excluding carboxylic acids is 2. The summed E-state index contributed by atoms with van der Waals surface area (Å²) in [5, 5.41) is 0. The molecule has 0 unspecified atom stereocenters. The molecule has 0 bridgehead atoms. The molecule has 0 saturated carbocycles. The lowest BCUT2D eigenvalue weighted by atomic mass is 9.87. The monoisotopic (exact) mass is 376 g/mol. The molecule has 2 rings (SSSR count). The maximum Gasteiger partial charge on any atom is 0.417 e. The lowest BCUT2D eigenvalue weighted by Gasteiger charge is -2.22. The van der Waals surface area contributed by atoms with Crippen LogP contribution in [0.4, 0.5) is 26.3 Å². The van der Waals surface area contributed by atoms with Gasteiger partial charge in [-0.1, -0.05) is 30.3 Å². The lowest BCUT2D eigenvalue weighted by Crippen LogP contribution is -2.29. The predicted octanol–water partition coefficient (Wildman–Crippen LogP) is 3.59. The van der Waals surface area contributed by atoms with E-state index >= 15 is 0 Å². The van der Waals surface area contributed by atoms with Gasteiger partial charge in [0.1, 0.15) is 0 Å². The van der Waals surface area contributed by atoms with E-state index < -0.39 is 52.0 Å². The molecule has 0 radical (unpaired) electrons. The summed E-state index contributed by atoms with van der Waals surface area (Å²) in [6.07, 6.45) is -11.1. The van der Waals surface area contributed by atoms with Gasteiger partial charge >= 0.3 is 12.4 Å². The van der Waals surface area contributed by atoms with E-state index in [0.29, 0.717) is 0 Å². The number of halogens is 6. The van der Waals surface area contributed by atoms with Crippen LogP contribution in [0.25, 0.3) is 11.1 Å². The highest BCUT2D eigenvalue weighted by Gasteiger charge is 2.47. The SMILES string of the molecule is NC(=O)c1c(-c2ccccc2)cc(C(F)(F)F)c(C(F)(F)F)c1C(N)=O. The third-order valence-corrected chi connectivity index (χ3v) is 3.49. The Morgan fingerprint density at radius 3 is 1.65 bits per heavy atom. The number of rotatable bonds is 3. The van der Waals surface area contributed by atoms with Gasteiger partial charge in [0.05, 0.1) is 22.3 Å². The van der Waals surface area contributed by atoms with Crippen LogP contribution in [-0.2, 0) is 12.4 Å². The van der Waals surface area contributed by atoms with Gasteiger partial charge in [-0.25, -0.2) is 0 Å². The Hall–Kier alpha value is -3.04. The first-order valence-corrected chi connectivity index (χ1v) is 6.86. The highest BCUT2D eigenvalue weighted by molar-refractivity contribution is 6.11. The fraction of sp³-hybridized carbons (Fsp3) is 0.125. The van der Waals surface area contributed by atoms with Crippen LogP contribution in [-0.4, -0.2) is 11.8 Å². The van der Waals surface area contributed by atoms with Crippen molar-refractivity contribution in [3.63, 3.8) is 0 Å². The minimum atomic E-state index is -5.60. The van der Waals surface area contributed by atoms with Crippen LogP contribution in [0.5, 0.6) is 0 Å². The number of carbonyl (C=O) groups is 2. The van der Waals surface area contributed by atoms with Gasteiger partial charge in [-0.15, -0.1) is 0 Å². The molecule has 0 aromatic heterocycles. The second kappa shape index (κ2) is 6.36. The van der Waals surface area contributed by atoms with Crippen molar-refractivity contribution >= 4 is 11.8 Å². The first-order valence-electron chi connectivity index (χ1n) is 6.86. The summed E-state index contributed by atoms with van der Waals surface area (Å²) < 4.78 is 79.8. The molecule has 26 heavy (non-hydrogen) atoms. The molecule has 0 fully saturated rings. The van der Waals surface area contributed by atoms with Crippen LogP contribution in [0.1, 0.15) is 31.8 Å². The molecule has 0 atom stereocenters. The highest BCUT2D eigenvalue weighted by Crippen LogP contribution is 2.45. The predicted molar refractivity (Wildman–Crippen MR) is 78.9 cm³/mol. The van der Waals surface area contributed by atoms with Crippen molar-refractivity contribution in [1.29, 1.82) is 0 Å². The fourth-order valence-electron chi connectivity index (χ4n) is 2.55. The maximum absolute atomic E-state index is 13.3. The first-order chi connectivity index (χ1) is 11.9. The molecule has 2 aromatic carbocycles. The average molecular weight is 376 g/mol. The smallest absolute Gasteiger partial charge is 0.366 e. The summed E-state index contributed by atoms with van der Waals surface area (Å²) in [4.78, 5) is 23.3. The van der Waals surface area contributed by atoms with Crippen molar-refractivity contribution in [2.24, 2.45) is 11.5 Å². The summed E-state index contributed by atoms with van der Waals surface area (Å²) >= 11 is 0. The standard InChI is InChI=1S/C16H10F6N2O2/c17-15(18,19)9-6-8(7-4-2-1-3-5-7)10(13(23)25)11(14(24)26)12(9)16(20,21)22/h1-6H,(H2,23,25)(H2,24,26). The average Bonchev–Trinajstić information content (AvgIpc) is 2.51. The van der Waals surface area contributed by atoms with E-state index in [2.05, 4.69) is 0 Å². The molecule has 0 aliphatic carbocycles. The van der Waals surface area contributed by atoms with Gasteiger partial charge in [0, 0.05) is 0 Å². The van der Waals surface area contributed by atoms with E-state index in [1.165, 1.54) is 30.3 Å². The van der Waals surface area contributed by atoms with Gasteiger partial charge in [0.25, 0.3) is 0 Å². The Morgan fingerprint density at radius 1 is 0.769 bits per heavy atom. The van der Waals surface area contributed by atoms with E-state index in [9.17, 15) is 35.9 Å². The largest absolute Gasteiger partial charge is 0.417 e. The van der Waals surface area contributed by atoms with Crippen LogP contribution >= 0.6 is 0 Å². The third-order valence-electron chi connectivity index (χ3n) is 3.49. The number of primary amides is 2. The Kier molecular flexibility index (Phi) is 4.71. The Labute approximate surface area is 142 Å². The molecule has 0 spiro atoms. The molecule has 2 aromatic rings. The van der Waals surface area contributed by atoms with E-state index in [-0.39, 0.29) is 11.6 Å². The molecule has 10 heteroatoms. The van der Waals surface area contributed by atoms with E-state index in [4.69, 9.17) is 11.5 Å². The van der Waals surface area contributed by atoms with Crippen molar-refractivity contribution < 1.29 is 35.9 Å². The number of alkyl halides is 6. The van der Waals surface area contributed by atoms with Crippen LogP contribution in [0, 0.1) is 0 Å². The Bertz CT molecular complexity index is 873. The first kappa shape index (κ1) is 19.3. The van der Waals surface area contributed by atoms with Crippen LogP contribution in [0.3, 0.4) is 0 Å². The summed E-state index contributed by atoms with van der Waals surface area (Å²) in [5.74, 6) is -3.37. The minimum absolute atomic E-state index is 0.0389. The third kappa shape index (κ3) is 3.48. The fourth-order valence-corrected chi connectivity index (χ4v) is 2.55. The highest BCUT2D eigenvalue weighted by atomic mass is 19.4. The zero-order valence-corrected chi connectivity index (χ0v) is 12.7. The van der Waals surface area contributed by atoms with Gasteiger partial charge in [-0.3, -0.25) is 9.59 Å². The number of hydrogen-bond acceptors (Lipinski definition) is 2. The van der Waals surface area contributed by atoms with Gasteiger partial charge in [-0.2, -0.15) is 26.3 Å². The molecule has 4 N–H and O–H groups in total. The number of hydrogen-bond donors (Lipinski definition) is 2. The lowest BCUT2D eigenvalue weighted by molar-refractivity contribution is -0.162. The summed E-state index contributed by atoms with van der Waals surface area (Å²) in [7, 11) is 0. The molecule has 2 amide bonds. The van der Waals surface area contributed by atoms with Crippen LogP contribution < -0.4 is 11.5 Å². The van der Waals surface area contributed by atoms with Gasteiger partial charge in [0.15, 0.2) is 0 Å². The van der Waals surface area contributed by atoms with Crippen molar-refractivity contribution in [3.8, 4) is 11.1 Å². The van der Waals surface area contributed by atoms with Gasteiger partial charge < -0.3 is 11.5 Å². The number of amides is 2. The van der Waals surface area contributed by atoms with Crippen LogP contribution in [0.15, 0.2) is 36.4 Å². The minimum Gasteiger partial charge on any atom is -0.366 e. The van der Waals surface area contributed by atoms with Gasteiger partial charge in [-0.05, 0) is 17.2 Å². The summed E-state index contributed by atoms with van der Waals surface area (Å²) in [6.45, 7) is 0. The van der Waals surface area contributed by atoms with E-state index in [1.807, 2.05) is 0 Å². The molecule has 0 aliphatic rings. The quantitative estimate of drug-likeness (QED) is 0.803. The molecule has 0 aliphatic heterocycles. The normalized spacial score (nSPS) is 12.1. The van der Waals surface area contributed by atoms with Crippen molar-refractivity contribution in [2.45, 2.75) is 12.4 Å². The van der Waals surface area contributed by atoms with E-state index in [0.717, 1.165) is 0 Å². The number of benzene rings is 2. The second-order valence-electron chi connectivity index (χ2n) is 5.19. The zero-order valence-electron chi connectivity index (χ0n) is 12.7. The molecule has 4 nitrogen and oxygen atoms in total. The number of nitrogens with two attached hydrogens (primary N) is 2. The van der Waals surface area contributed by atoms with Gasteiger partial charge in [0.2, 0.25) is 11.8 Å². The molecule has 0 heterocycles. The topological polar surface area (TPSA) is 86.2 Å². The molecule has 138 valence electrons. The molecule has 0 saturated heterocycles. The zero-order chi connectivity index (χ0) is 19.9. The van der Waals surface area contributed by atoms with Crippen molar-refractivity contribution in [1.82, 2.24) is 0 Å². The Balaban J connectivity index is 3.12. The van der Waals surface area contributed by atoms with Crippen molar-refractivity contribution in [2.75, 3.05) is 0 Å². The molecular formula is C16H10F6N2O2. The second-order valence-corrected chi connectivity index (χ2v) is 5.19. The maximum atomic E-state index is 13.3. The van der Waals surface area contributed by atoms with Crippen LogP contribution in [0.2, 0.25) is 0 Å². The van der Waals surface area contributed by atoms with E-state index in [1.54, 1.807) is 0 Å². The Morgan fingerprint density at radius 2 is 1.27 bits per heavy atom. The van der Waals surface area contributed by atoms with Crippen molar-refractivity contribution in [3.05, 3.63) is 58.7 Å². The summed E-state index contributed by atoms with van der Waals surface area (Å²) in [5.41, 5.74) is 2.23.